The molecule has 1 heterocycles. The Hall–Kier alpha value is -2.18. The number of benzene rings is 1. The van der Waals surface area contributed by atoms with Crippen LogP contribution in [0.4, 0.5) is 13.2 Å². The minimum Gasteiger partial charge on any atom is -0.462 e. The number of rotatable bonds is 3. The number of fused-ring (bicyclic) bond motifs is 1. The normalized spacial score (nSPS) is 11.7. The molecule has 0 radical (unpaired) electrons. The molecule has 0 spiro atoms. The molecule has 0 N–H and O–H groups in total. The Bertz CT molecular complexity index is 643. The van der Waals surface area contributed by atoms with Crippen LogP contribution in [0.2, 0.25) is 0 Å². The van der Waals surface area contributed by atoms with Crippen LogP contribution in [0.3, 0.4) is 0 Å². The van der Waals surface area contributed by atoms with Crippen molar-refractivity contribution in [3.05, 3.63) is 29.5 Å². The molecule has 0 amide bonds. The summed E-state index contributed by atoms with van der Waals surface area (Å²) >= 11 is 0. The molecule has 108 valence electrons. The van der Waals surface area contributed by atoms with Crippen molar-refractivity contribution in [1.29, 1.82) is 0 Å². The number of alkyl halides is 3. The van der Waals surface area contributed by atoms with E-state index < -0.39 is 18.1 Å². The molecule has 0 unspecified atom stereocenters. The number of hydrogen-bond donors (Lipinski definition) is 0. The maximum absolute atomic E-state index is 12.1. The van der Waals surface area contributed by atoms with E-state index >= 15 is 0 Å². The van der Waals surface area contributed by atoms with Gasteiger partial charge in [0.25, 0.3) is 0 Å². The first-order valence-electron chi connectivity index (χ1n) is 5.78. The lowest BCUT2D eigenvalue weighted by Crippen LogP contribution is -2.16. The molecule has 0 bridgehead atoms. The molecule has 0 aliphatic heterocycles. The van der Waals surface area contributed by atoms with Crippen LogP contribution in [0.15, 0.2) is 22.6 Å². The maximum atomic E-state index is 12.1. The first-order chi connectivity index (χ1) is 9.31. The van der Waals surface area contributed by atoms with Crippen LogP contribution in [0.25, 0.3) is 11.0 Å². The van der Waals surface area contributed by atoms with E-state index in [9.17, 15) is 18.0 Å². The molecule has 0 atom stereocenters. The van der Waals surface area contributed by atoms with Crippen molar-refractivity contribution in [1.82, 2.24) is 0 Å². The van der Waals surface area contributed by atoms with Crippen LogP contribution < -0.4 is 4.74 Å². The van der Waals surface area contributed by atoms with E-state index in [1.807, 2.05) is 0 Å². The molecule has 0 saturated carbocycles. The van der Waals surface area contributed by atoms with Crippen LogP contribution in [0, 0.1) is 6.92 Å². The third-order valence-electron chi connectivity index (χ3n) is 2.55. The fourth-order valence-electron chi connectivity index (χ4n) is 1.85. The van der Waals surface area contributed by atoms with Gasteiger partial charge in [0.05, 0.1) is 6.61 Å². The highest BCUT2D eigenvalue weighted by Crippen LogP contribution is 2.31. The van der Waals surface area contributed by atoms with Crippen molar-refractivity contribution in [2.45, 2.75) is 20.2 Å². The summed E-state index contributed by atoms with van der Waals surface area (Å²) in [5.41, 5.74) is 0.340. The Balaban J connectivity index is 2.44. The summed E-state index contributed by atoms with van der Waals surface area (Å²) in [6.07, 6.45) is -4.78. The second-order valence-corrected chi connectivity index (χ2v) is 3.96. The second kappa shape index (κ2) is 5.07. The van der Waals surface area contributed by atoms with Gasteiger partial charge in [-0.1, -0.05) is 0 Å². The maximum Gasteiger partial charge on any atom is 0.573 e. The lowest BCUT2D eigenvalue weighted by Gasteiger charge is -2.08. The highest BCUT2D eigenvalue weighted by atomic mass is 19.4. The summed E-state index contributed by atoms with van der Waals surface area (Å²) in [4.78, 5) is 11.8. The van der Waals surface area contributed by atoms with Crippen LogP contribution >= 0.6 is 0 Å². The van der Waals surface area contributed by atoms with Gasteiger partial charge in [-0.05, 0) is 26.0 Å². The van der Waals surface area contributed by atoms with Crippen molar-refractivity contribution >= 4 is 16.9 Å². The van der Waals surface area contributed by atoms with Crippen molar-refractivity contribution in [2.24, 2.45) is 0 Å². The number of hydrogen-bond acceptors (Lipinski definition) is 4. The Morgan fingerprint density at radius 3 is 2.65 bits per heavy atom. The molecule has 0 saturated heterocycles. The average molecular weight is 288 g/mol. The van der Waals surface area contributed by atoms with E-state index in [0.717, 1.165) is 12.1 Å². The summed E-state index contributed by atoms with van der Waals surface area (Å²) < 4.78 is 50.3. The number of carbonyl (C=O) groups is 1. The zero-order chi connectivity index (χ0) is 14.9. The van der Waals surface area contributed by atoms with Crippen molar-refractivity contribution < 1.29 is 31.9 Å². The molecule has 0 fully saturated rings. The van der Waals surface area contributed by atoms with E-state index in [4.69, 9.17) is 9.15 Å². The highest BCUT2D eigenvalue weighted by molar-refractivity contribution is 6.04. The molecule has 4 nitrogen and oxygen atoms in total. The molecule has 0 aliphatic carbocycles. The van der Waals surface area contributed by atoms with Gasteiger partial charge in [-0.15, -0.1) is 13.2 Å². The van der Waals surface area contributed by atoms with Crippen LogP contribution in [-0.2, 0) is 4.74 Å². The number of halogens is 3. The predicted octanol–water partition coefficient (Wildman–Crippen LogP) is 3.82. The Labute approximate surface area is 112 Å². The number of carbonyl (C=O) groups excluding carboxylic acids is 1. The summed E-state index contributed by atoms with van der Waals surface area (Å²) in [7, 11) is 0. The number of aryl methyl sites for hydroxylation is 1. The largest absolute Gasteiger partial charge is 0.573 e. The molecule has 7 heteroatoms. The van der Waals surface area contributed by atoms with Crippen molar-refractivity contribution in [3.8, 4) is 5.75 Å². The fourth-order valence-corrected chi connectivity index (χ4v) is 1.85. The van der Waals surface area contributed by atoms with Crippen molar-refractivity contribution in [3.63, 3.8) is 0 Å². The summed E-state index contributed by atoms with van der Waals surface area (Å²) in [5.74, 6) is -0.704. The topological polar surface area (TPSA) is 48.7 Å². The zero-order valence-electron chi connectivity index (χ0n) is 10.7. The molecule has 1 aromatic heterocycles. The molecule has 0 aliphatic rings. The van der Waals surface area contributed by atoms with Gasteiger partial charge in [0.1, 0.15) is 22.7 Å². The van der Waals surface area contributed by atoms with Gasteiger partial charge < -0.3 is 13.9 Å². The van der Waals surface area contributed by atoms with E-state index in [2.05, 4.69) is 4.74 Å². The zero-order valence-corrected chi connectivity index (χ0v) is 10.7. The SMILES string of the molecule is CCOC(=O)c1c(C)oc2cc(OC(F)(F)F)ccc12. The van der Waals surface area contributed by atoms with E-state index in [-0.39, 0.29) is 23.5 Å². The van der Waals surface area contributed by atoms with E-state index in [1.54, 1.807) is 6.92 Å². The molecule has 1 aromatic carbocycles. The van der Waals surface area contributed by atoms with Crippen LogP contribution in [0.5, 0.6) is 5.75 Å². The smallest absolute Gasteiger partial charge is 0.462 e. The third kappa shape index (κ3) is 2.87. The Kier molecular flexibility index (Phi) is 3.61. The molecule has 2 rings (SSSR count). The second-order valence-electron chi connectivity index (χ2n) is 3.96. The van der Waals surface area contributed by atoms with Gasteiger partial charge in [-0.25, -0.2) is 4.79 Å². The minimum absolute atomic E-state index is 0.132. The monoisotopic (exact) mass is 288 g/mol. The first kappa shape index (κ1) is 14.2. The lowest BCUT2D eigenvalue weighted by molar-refractivity contribution is -0.274. The number of esters is 1. The van der Waals surface area contributed by atoms with Gasteiger partial charge in [0.15, 0.2) is 0 Å². The van der Waals surface area contributed by atoms with Crippen molar-refractivity contribution in [2.75, 3.05) is 6.61 Å². The van der Waals surface area contributed by atoms with Crippen LogP contribution in [-0.4, -0.2) is 18.9 Å². The standard InChI is InChI=1S/C13H11F3O4/c1-3-18-12(17)11-7(2)19-10-6-8(4-5-9(10)11)20-13(14,15)16/h4-6H,3H2,1-2H3. The number of furan rings is 1. The molecular weight excluding hydrogens is 277 g/mol. The highest BCUT2D eigenvalue weighted by Gasteiger charge is 2.31. The molecule has 20 heavy (non-hydrogen) atoms. The summed E-state index contributed by atoms with van der Waals surface area (Å²) in [5, 5.41) is 0.385. The summed E-state index contributed by atoms with van der Waals surface area (Å²) in [6.45, 7) is 3.39. The molecule has 2 aromatic rings. The predicted molar refractivity (Wildman–Crippen MR) is 63.6 cm³/mol. The van der Waals surface area contributed by atoms with Gasteiger partial charge in [0.2, 0.25) is 0 Å². The fraction of sp³-hybridized carbons (Fsp3) is 0.308. The lowest BCUT2D eigenvalue weighted by atomic mass is 10.1. The van der Waals surface area contributed by atoms with Gasteiger partial charge in [-0.2, -0.15) is 0 Å². The van der Waals surface area contributed by atoms with E-state index in [1.165, 1.54) is 13.0 Å². The number of ether oxygens (including phenoxy) is 2. The summed E-state index contributed by atoms with van der Waals surface area (Å²) in [6, 6.07) is 3.53. The van der Waals surface area contributed by atoms with Crippen LogP contribution in [0.1, 0.15) is 23.0 Å². The quantitative estimate of drug-likeness (QED) is 0.806. The minimum atomic E-state index is -4.78. The van der Waals surface area contributed by atoms with Gasteiger partial charge in [0, 0.05) is 11.5 Å². The Morgan fingerprint density at radius 2 is 2.05 bits per heavy atom. The van der Waals surface area contributed by atoms with E-state index in [0.29, 0.717) is 5.39 Å². The third-order valence-corrected chi connectivity index (χ3v) is 2.55. The average Bonchev–Trinajstić information content (AvgIpc) is 2.62. The first-order valence-corrected chi connectivity index (χ1v) is 5.78. The van der Waals surface area contributed by atoms with Gasteiger partial charge >= 0.3 is 12.3 Å². The van der Waals surface area contributed by atoms with Gasteiger partial charge in [-0.3, -0.25) is 0 Å². The molecular formula is C13H11F3O4. The Morgan fingerprint density at radius 1 is 1.35 bits per heavy atom.